The molecule has 0 unspecified atom stereocenters. The van der Waals surface area contributed by atoms with Crippen LogP contribution in [0.2, 0.25) is 0 Å². The van der Waals surface area contributed by atoms with Gasteiger partial charge in [0.1, 0.15) is 0 Å². The summed E-state index contributed by atoms with van der Waals surface area (Å²) < 4.78 is 47.3. The molecule has 2 aromatic carbocycles. The predicted octanol–water partition coefficient (Wildman–Crippen LogP) is 3.00. The summed E-state index contributed by atoms with van der Waals surface area (Å²) in [5.74, 6) is -1.13. The van der Waals surface area contributed by atoms with Crippen LogP contribution in [-0.2, 0) is 21.4 Å². The molecule has 2 heterocycles. The van der Waals surface area contributed by atoms with Gasteiger partial charge in [-0.2, -0.15) is 4.31 Å². The van der Waals surface area contributed by atoms with Gasteiger partial charge in [-0.3, -0.25) is 14.9 Å². The van der Waals surface area contributed by atoms with Crippen LogP contribution in [0.4, 0.5) is 10.1 Å². The summed E-state index contributed by atoms with van der Waals surface area (Å²) in [5.41, 5.74) is 3.39. The maximum atomic E-state index is 14.6. The SMILES string of the molecule is CCCCOc1ccc(N2CCN(S(=O)(=O)C3(C(=O)NO)CCN(Cc4ccccc4)CC3)CC2)cc1F. The standard InChI is InChI=1S/C27H37FN4O5S/c1-2-3-19-37-25-10-9-23(20-24(25)28)31-15-17-32(18-16-31)38(35,36)27(26(33)29-34)11-13-30(14-12-27)21-22-7-5-4-6-8-22/h4-10,20,34H,2-3,11-19,21H2,1H3,(H,29,33). The molecule has 4 rings (SSSR count). The average Bonchev–Trinajstić information content (AvgIpc) is 2.94. The molecule has 0 radical (unpaired) electrons. The molecule has 208 valence electrons. The third-order valence-corrected chi connectivity index (χ3v) is 10.2. The van der Waals surface area contributed by atoms with Crippen molar-refractivity contribution >= 4 is 21.6 Å². The second-order valence-electron chi connectivity index (χ2n) is 9.90. The Hall–Kier alpha value is -2.73. The number of hydroxylamine groups is 1. The topological polar surface area (TPSA) is 102 Å². The van der Waals surface area contributed by atoms with Crippen LogP contribution in [-0.4, -0.2) is 79.4 Å². The van der Waals surface area contributed by atoms with E-state index in [0.717, 1.165) is 18.4 Å². The van der Waals surface area contributed by atoms with Crippen LogP contribution in [0.1, 0.15) is 38.2 Å². The van der Waals surface area contributed by atoms with Crippen LogP contribution < -0.4 is 15.1 Å². The minimum Gasteiger partial charge on any atom is -0.491 e. The monoisotopic (exact) mass is 548 g/mol. The van der Waals surface area contributed by atoms with Crippen molar-refractivity contribution in [3.8, 4) is 5.75 Å². The molecule has 11 heteroatoms. The molecule has 1 amide bonds. The second-order valence-corrected chi connectivity index (χ2v) is 12.2. The van der Waals surface area contributed by atoms with Crippen LogP contribution in [0.25, 0.3) is 0 Å². The van der Waals surface area contributed by atoms with E-state index < -0.39 is 26.5 Å². The van der Waals surface area contributed by atoms with Crippen molar-refractivity contribution in [2.75, 3.05) is 50.8 Å². The van der Waals surface area contributed by atoms with Crippen LogP contribution in [0.5, 0.6) is 5.75 Å². The molecule has 2 aliphatic heterocycles. The van der Waals surface area contributed by atoms with E-state index in [4.69, 9.17) is 4.74 Å². The fourth-order valence-electron chi connectivity index (χ4n) is 5.18. The molecule has 2 N–H and O–H groups in total. The number of hydrogen-bond donors (Lipinski definition) is 2. The molecule has 9 nitrogen and oxygen atoms in total. The number of unbranched alkanes of at least 4 members (excludes halogenated alkanes) is 1. The Morgan fingerprint density at radius 2 is 1.74 bits per heavy atom. The van der Waals surface area contributed by atoms with Crippen LogP contribution in [0.15, 0.2) is 48.5 Å². The number of halogens is 1. The summed E-state index contributed by atoms with van der Waals surface area (Å²) in [6.45, 7) is 5.00. The molecule has 2 saturated heterocycles. The van der Waals surface area contributed by atoms with Crippen molar-refractivity contribution < 1.29 is 27.5 Å². The number of carbonyl (C=O) groups excluding carboxylic acids is 1. The summed E-state index contributed by atoms with van der Waals surface area (Å²) in [4.78, 5) is 16.9. The third-order valence-electron chi connectivity index (χ3n) is 7.54. The first-order chi connectivity index (χ1) is 18.3. The Morgan fingerprint density at radius 1 is 1.05 bits per heavy atom. The maximum Gasteiger partial charge on any atom is 0.266 e. The van der Waals surface area contributed by atoms with Crippen molar-refractivity contribution in [1.82, 2.24) is 14.7 Å². The molecular weight excluding hydrogens is 511 g/mol. The number of ether oxygens (including phenoxy) is 1. The van der Waals surface area contributed by atoms with E-state index in [-0.39, 0.29) is 31.7 Å². The number of hydrogen-bond acceptors (Lipinski definition) is 7. The fraction of sp³-hybridized carbons (Fsp3) is 0.519. The Balaban J connectivity index is 1.41. The maximum absolute atomic E-state index is 14.6. The van der Waals surface area contributed by atoms with Gasteiger partial charge in [-0.25, -0.2) is 18.3 Å². The summed E-state index contributed by atoms with van der Waals surface area (Å²) in [6, 6.07) is 14.7. The number of nitrogens with zero attached hydrogens (tertiary/aromatic N) is 3. The molecule has 2 fully saturated rings. The largest absolute Gasteiger partial charge is 0.491 e. The van der Waals surface area contributed by atoms with E-state index in [2.05, 4.69) is 4.90 Å². The van der Waals surface area contributed by atoms with Crippen molar-refractivity contribution in [3.05, 3.63) is 59.9 Å². The zero-order valence-corrected chi connectivity index (χ0v) is 22.6. The van der Waals surface area contributed by atoms with E-state index in [1.54, 1.807) is 17.6 Å². The predicted molar refractivity (Wildman–Crippen MR) is 143 cm³/mol. The number of piperidine rings is 1. The van der Waals surface area contributed by atoms with Gasteiger partial charge >= 0.3 is 0 Å². The number of likely N-dealkylation sites (tertiary alicyclic amines) is 1. The average molecular weight is 549 g/mol. The third kappa shape index (κ3) is 5.96. The van der Waals surface area contributed by atoms with E-state index in [1.165, 1.54) is 10.4 Å². The van der Waals surface area contributed by atoms with Crippen molar-refractivity contribution in [2.24, 2.45) is 0 Å². The van der Waals surface area contributed by atoms with Crippen LogP contribution in [0.3, 0.4) is 0 Å². The van der Waals surface area contributed by atoms with Gasteiger partial charge in [0.25, 0.3) is 5.91 Å². The second kappa shape index (κ2) is 12.4. The van der Waals surface area contributed by atoms with Crippen LogP contribution >= 0.6 is 0 Å². The zero-order chi connectivity index (χ0) is 27.2. The minimum atomic E-state index is -4.07. The number of amides is 1. The zero-order valence-electron chi connectivity index (χ0n) is 21.8. The Bertz CT molecular complexity index is 1180. The number of carbonyl (C=O) groups is 1. The Morgan fingerprint density at radius 3 is 2.34 bits per heavy atom. The molecule has 0 spiro atoms. The minimum absolute atomic E-state index is 0.0828. The molecular formula is C27H37FN4O5S. The Kier molecular flexibility index (Phi) is 9.24. The molecule has 0 aromatic heterocycles. The molecule has 0 bridgehead atoms. The van der Waals surface area contributed by atoms with Gasteiger partial charge in [0, 0.05) is 57.6 Å². The van der Waals surface area contributed by atoms with Gasteiger partial charge in [-0.05, 0) is 37.0 Å². The lowest BCUT2D eigenvalue weighted by molar-refractivity contribution is -0.133. The highest BCUT2D eigenvalue weighted by Crippen LogP contribution is 2.35. The normalized spacial score (nSPS) is 18.8. The lowest BCUT2D eigenvalue weighted by Gasteiger charge is -2.44. The molecule has 0 saturated carbocycles. The summed E-state index contributed by atoms with van der Waals surface area (Å²) >= 11 is 0. The number of piperazine rings is 1. The highest BCUT2D eigenvalue weighted by molar-refractivity contribution is 7.91. The molecule has 38 heavy (non-hydrogen) atoms. The molecule has 0 aliphatic carbocycles. The molecule has 0 atom stereocenters. The first kappa shape index (κ1) is 28.3. The Labute approximate surface area is 224 Å². The van der Waals surface area contributed by atoms with Gasteiger partial charge in [-0.1, -0.05) is 43.7 Å². The van der Waals surface area contributed by atoms with Gasteiger partial charge in [0.05, 0.1) is 6.61 Å². The number of benzene rings is 2. The molecule has 2 aromatic rings. The highest BCUT2D eigenvalue weighted by atomic mass is 32.2. The van der Waals surface area contributed by atoms with Gasteiger partial charge in [-0.15, -0.1) is 0 Å². The van der Waals surface area contributed by atoms with Crippen molar-refractivity contribution in [2.45, 2.75) is 43.9 Å². The van der Waals surface area contributed by atoms with Gasteiger partial charge in [0.2, 0.25) is 10.0 Å². The first-order valence-corrected chi connectivity index (χ1v) is 14.6. The first-order valence-electron chi connectivity index (χ1n) is 13.2. The summed E-state index contributed by atoms with van der Waals surface area (Å²) in [7, 11) is -4.07. The smallest absolute Gasteiger partial charge is 0.266 e. The van der Waals surface area contributed by atoms with E-state index in [1.807, 2.05) is 42.2 Å². The lowest BCUT2D eigenvalue weighted by atomic mass is 9.94. The quantitative estimate of drug-likeness (QED) is 0.267. The summed E-state index contributed by atoms with van der Waals surface area (Å²) in [6.07, 6.45) is 1.97. The molecule has 2 aliphatic rings. The van der Waals surface area contributed by atoms with Gasteiger partial charge < -0.3 is 9.64 Å². The van der Waals surface area contributed by atoms with E-state index >= 15 is 0 Å². The van der Waals surface area contributed by atoms with E-state index in [0.29, 0.717) is 45.0 Å². The van der Waals surface area contributed by atoms with Gasteiger partial charge in [0.15, 0.2) is 16.3 Å². The summed E-state index contributed by atoms with van der Waals surface area (Å²) in [5, 5.41) is 9.47. The number of rotatable bonds is 10. The number of nitrogens with one attached hydrogen (secondary N) is 1. The lowest BCUT2D eigenvalue weighted by Crippen LogP contribution is -2.63. The van der Waals surface area contributed by atoms with Crippen molar-refractivity contribution in [3.63, 3.8) is 0 Å². The van der Waals surface area contributed by atoms with Crippen molar-refractivity contribution in [1.29, 1.82) is 0 Å². The number of anilines is 1. The van der Waals surface area contributed by atoms with Crippen LogP contribution in [0, 0.1) is 5.82 Å². The number of sulfonamides is 1. The fourth-order valence-corrected chi connectivity index (χ4v) is 7.30. The van der Waals surface area contributed by atoms with E-state index in [9.17, 15) is 22.8 Å². The highest BCUT2D eigenvalue weighted by Gasteiger charge is 2.55.